The standard InChI is InChI=1S/C26H45N3O/c1-16-3-7-19-18(13-16)6-8-21-20(19)9-10-26(2)23(24(30)15-29(28)12-11-27)14-22(25(21)26)17-4-5-17/h16-23,25H,3-15,27-28H2,1-2H3. The molecule has 5 saturated carbocycles. The summed E-state index contributed by atoms with van der Waals surface area (Å²) < 4.78 is 0. The SMILES string of the molecule is CC1CCC2C(CCC3C2CCC2(C)C(C(=O)CN(N)CCN)CC(C4CC4)C32)C1. The molecule has 4 N–H and O–H groups in total. The summed E-state index contributed by atoms with van der Waals surface area (Å²) in [6, 6.07) is 0. The van der Waals surface area contributed by atoms with Crippen molar-refractivity contribution in [1.29, 1.82) is 0 Å². The molecule has 0 aliphatic heterocycles. The van der Waals surface area contributed by atoms with Crippen LogP contribution in [-0.4, -0.2) is 30.4 Å². The highest BCUT2D eigenvalue weighted by Gasteiger charge is 2.63. The molecule has 0 heterocycles. The van der Waals surface area contributed by atoms with E-state index in [0.717, 1.165) is 53.8 Å². The van der Waals surface area contributed by atoms with Crippen LogP contribution in [0.1, 0.15) is 78.1 Å². The number of nitrogens with zero attached hydrogens (tertiary/aromatic N) is 1. The van der Waals surface area contributed by atoms with Gasteiger partial charge in [0.1, 0.15) is 0 Å². The molecule has 5 aliphatic carbocycles. The molecule has 5 aliphatic rings. The van der Waals surface area contributed by atoms with E-state index in [-0.39, 0.29) is 11.3 Å². The summed E-state index contributed by atoms with van der Waals surface area (Å²) in [4.78, 5) is 13.4. The molecule has 4 heteroatoms. The fourth-order valence-corrected chi connectivity index (χ4v) is 9.33. The summed E-state index contributed by atoms with van der Waals surface area (Å²) >= 11 is 0. The van der Waals surface area contributed by atoms with Crippen molar-refractivity contribution in [3.05, 3.63) is 0 Å². The lowest BCUT2D eigenvalue weighted by atomic mass is 9.48. The zero-order chi connectivity index (χ0) is 21.0. The number of hydrazine groups is 1. The van der Waals surface area contributed by atoms with Crippen LogP contribution in [0, 0.1) is 58.7 Å². The number of rotatable bonds is 6. The minimum atomic E-state index is 0.212. The second-order valence-corrected chi connectivity index (χ2v) is 12.3. The molecule has 0 aromatic rings. The first-order chi connectivity index (χ1) is 14.4. The normalized spacial score (nSPS) is 48.2. The molecule has 5 fully saturated rings. The number of hydrogen-bond acceptors (Lipinski definition) is 4. The molecule has 9 unspecified atom stereocenters. The van der Waals surface area contributed by atoms with Gasteiger partial charge in [-0.2, -0.15) is 0 Å². The molecule has 0 spiro atoms. The van der Waals surface area contributed by atoms with Crippen LogP contribution in [0.4, 0.5) is 0 Å². The Labute approximate surface area is 183 Å². The summed E-state index contributed by atoms with van der Waals surface area (Å²) in [6.07, 6.45) is 13.9. The topological polar surface area (TPSA) is 72.3 Å². The van der Waals surface area contributed by atoms with E-state index in [4.69, 9.17) is 11.6 Å². The van der Waals surface area contributed by atoms with Crippen LogP contribution in [-0.2, 0) is 4.79 Å². The predicted molar refractivity (Wildman–Crippen MR) is 121 cm³/mol. The van der Waals surface area contributed by atoms with Crippen molar-refractivity contribution in [1.82, 2.24) is 5.01 Å². The molecule has 30 heavy (non-hydrogen) atoms. The van der Waals surface area contributed by atoms with Gasteiger partial charge in [0.2, 0.25) is 0 Å². The highest BCUT2D eigenvalue weighted by atomic mass is 16.1. The lowest BCUT2D eigenvalue weighted by Crippen LogP contribution is -2.51. The highest BCUT2D eigenvalue weighted by molar-refractivity contribution is 5.84. The summed E-state index contributed by atoms with van der Waals surface area (Å²) in [5.41, 5.74) is 5.88. The van der Waals surface area contributed by atoms with Crippen LogP contribution in [0.5, 0.6) is 0 Å². The van der Waals surface area contributed by atoms with Gasteiger partial charge in [0, 0.05) is 19.0 Å². The van der Waals surface area contributed by atoms with Gasteiger partial charge in [-0.15, -0.1) is 0 Å². The van der Waals surface area contributed by atoms with E-state index >= 15 is 0 Å². The van der Waals surface area contributed by atoms with Crippen molar-refractivity contribution in [3.63, 3.8) is 0 Å². The first-order valence-electron chi connectivity index (χ1n) is 13.1. The lowest BCUT2D eigenvalue weighted by Gasteiger charge is -2.57. The zero-order valence-electron chi connectivity index (χ0n) is 19.4. The van der Waals surface area contributed by atoms with Crippen molar-refractivity contribution >= 4 is 5.78 Å². The summed E-state index contributed by atoms with van der Waals surface area (Å²) in [5, 5.41) is 1.66. The predicted octanol–water partition coefficient (Wildman–Crippen LogP) is 4.23. The second-order valence-electron chi connectivity index (χ2n) is 12.3. The molecule has 0 aromatic heterocycles. The maximum atomic E-state index is 13.4. The van der Waals surface area contributed by atoms with Gasteiger partial charge in [-0.1, -0.05) is 20.3 Å². The number of ketones is 1. The first-order valence-corrected chi connectivity index (χ1v) is 13.1. The fraction of sp³-hybridized carbons (Fsp3) is 0.962. The highest BCUT2D eigenvalue weighted by Crippen LogP contribution is 2.69. The van der Waals surface area contributed by atoms with Crippen molar-refractivity contribution in [2.45, 2.75) is 78.1 Å². The van der Waals surface area contributed by atoms with Crippen LogP contribution in [0.2, 0.25) is 0 Å². The van der Waals surface area contributed by atoms with Crippen molar-refractivity contribution in [3.8, 4) is 0 Å². The fourth-order valence-electron chi connectivity index (χ4n) is 9.33. The van der Waals surface area contributed by atoms with Gasteiger partial charge in [0.05, 0.1) is 6.54 Å². The van der Waals surface area contributed by atoms with Gasteiger partial charge in [-0.05, 0) is 111 Å². The molecule has 0 aromatic carbocycles. The summed E-state index contributed by atoms with van der Waals surface area (Å²) in [6.45, 7) is 6.50. The Hall–Kier alpha value is -0.450. The average Bonchev–Trinajstić information content (AvgIpc) is 3.49. The second kappa shape index (κ2) is 8.15. The Balaban J connectivity index is 1.38. The van der Waals surface area contributed by atoms with Crippen molar-refractivity contribution < 1.29 is 4.79 Å². The number of carbonyl (C=O) groups is 1. The third-order valence-corrected chi connectivity index (χ3v) is 10.7. The van der Waals surface area contributed by atoms with E-state index in [0.29, 0.717) is 25.4 Å². The van der Waals surface area contributed by atoms with Gasteiger partial charge in [0.15, 0.2) is 5.78 Å². The number of carbonyl (C=O) groups excluding carboxylic acids is 1. The molecule has 0 amide bonds. The monoisotopic (exact) mass is 415 g/mol. The maximum Gasteiger partial charge on any atom is 0.151 e. The zero-order valence-corrected chi connectivity index (χ0v) is 19.4. The lowest BCUT2D eigenvalue weighted by molar-refractivity contribution is -0.132. The molecular weight excluding hydrogens is 370 g/mol. The van der Waals surface area contributed by atoms with Crippen LogP contribution >= 0.6 is 0 Å². The largest absolute Gasteiger partial charge is 0.329 e. The molecule has 170 valence electrons. The minimum Gasteiger partial charge on any atom is -0.329 e. The molecule has 4 nitrogen and oxygen atoms in total. The van der Waals surface area contributed by atoms with Gasteiger partial charge in [-0.25, -0.2) is 5.01 Å². The quantitative estimate of drug-likeness (QED) is 0.503. The van der Waals surface area contributed by atoms with Gasteiger partial charge in [-0.3, -0.25) is 10.6 Å². The number of fused-ring (bicyclic) bond motifs is 5. The molecule has 9 atom stereocenters. The number of hydrogen-bond donors (Lipinski definition) is 2. The van der Waals surface area contributed by atoms with E-state index in [1.54, 1.807) is 5.01 Å². The maximum absolute atomic E-state index is 13.4. The Kier molecular flexibility index (Phi) is 5.82. The van der Waals surface area contributed by atoms with Gasteiger partial charge in [0.25, 0.3) is 0 Å². The minimum absolute atomic E-state index is 0.212. The number of nitrogens with two attached hydrogens (primary N) is 2. The van der Waals surface area contributed by atoms with E-state index in [2.05, 4.69) is 13.8 Å². The van der Waals surface area contributed by atoms with Crippen molar-refractivity contribution in [2.75, 3.05) is 19.6 Å². The first kappa shape index (κ1) is 21.4. The smallest absolute Gasteiger partial charge is 0.151 e. The van der Waals surface area contributed by atoms with Crippen LogP contribution in [0.15, 0.2) is 0 Å². The van der Waals surface area contributed by atoms with E-state index < -0.39 is 0 Å². The molecule has 5 rings (SSSR count). The van der Waals surface area contributed by atoms with Gasteiger partial charge >= 0.3 is 0 Å². The average molecular weight is 416 g/mol. The van der Waals surface area contributed by atoms with Crippen molar-refractivity contribution in [2.24, 2.45) is 70.3 Å². The Morgan fingerprint density at radius 2 is 1.67 bits per heavy atom. The molecular formula is C26H45N3O. The Morgan fingerprint density at radius 1 is 0.933 bits per heavy atom. The molecule has 0 radical (unpaired) electrons. The van der Waals surface area contributed by atoms with Gasteiger partial charge < -0.3 is 5.73 Å². The van der Waals surface area contributed by atoms with Crippen LogP contribution in [0.3, 0.4) is 0 Å². The molecule has 0 saturated heterocycles. The summed E-state index contributed by atoms with van der Waals surface area (Å²) in [7, 11) is 0. The van der Waals surface area contributed by atoms with Crippen LogP contribution in [0.25, 0.3) is 0 Å². The molecule has 0 bridgehead atoms. The Bertz CT molecular complexity index is 648. The summed E-state index contributed by atoms with van der Waals surface area (Å²) in [5.74, 6) is 14.0. The van der Waals surface area contributed by atoms with Crippen LogP contribution < -0.4 is 11.6 Å². The third-order valence-electron chi connectivity index (χ3n) is 10.7. The Morgan fingerprint density at radius 3 is 2.40 bits per heavy atom. The van der Waals surface area contributed by atoms with E-state index in [9.17, 15) is 4.79 Å². The van der Waals surface area contributed by atoms with E-state index in [1.807, 2.05) is 0 Å². The van der Waals surface area contributed by atoms with E-state index in [1.165, 1.54) is 57.8 Å². The number of Topliss-reactive ketones (excluding diaryl/α,β-unsaturated/α-hetero) is 1. The third kappa shape index (κ3) is 3.59.